The molecule has 1 nitrogen and oxygen atoms in total. The zero-order valence-corrected chi connectivity index (χ0v) is 11.7. The monoisotopic (exact) mass is 248 g/mol. The molecule has 1 heterocycles. The van der Waals surface area contributed by atoms with Crippen molar-refractivity contribution in [2.45, 2.75) is 56.6 Å². The third kappa shape index (κ3) is 4.20. The van der Waals surface area contributed by atoms with Crippen LogP contribution in [0, 0.1) is 5.92 Å². The Balaban J connectivity index is 2.40. The van der Waals surface area contributed by atoms with E-state index in [9.17, 15) is 5.11 Å². The first-order valence-corrected chi connectivity index (χ1v) is 8.20. The van der Waals surface area contributed by atoms with Crippen LogP contribution in [0.3, 0.4) is 0 Å². The summed E-state index contributed by atoms with van der Waals surface area (Å²) >= 11 is 3.99. The van der Waals surface area contributed by atoms with Crippen LogP contribution in [0.15, 0.2) is 0 Å². The molecule has 1 aliphatic heterocycles. The molecule has 15 heavy (non-hydrogen) atoms. The highest BCUT2D eigenvalue weighted by Gasteiger charge is 2.29. The summed E-state index contributed by atoms with van der Waals surface area (Å²) in [5, 5.41) is 11.3. The number of aliphatic hydroxyl groups is 1. The lowest BCUT2D eigenvalue weighted by molar-refractivity contribution is 0.136. The third-order valence-corrected chi connectivity index (χ3v) is 6.58. The summed E-state index contributed by atoms with van der Waals surface area (Å²) in [6.07, 6.45) is 3.30. The Morgan fingerprint density at radius 2 is 1.80 bits per heavy atom. The van der Waals surface area contributed by atoms with Crippen molar-refractivity contribution in [1.29, 1.82) is 0 Å². The summed E-state index contributed by atoms with van der Waals surface area (Å²) in [5.74, 6) is 3.17. The van der Waals surface area contributed by atoms with Gasteiger partial charge in [-0.2, -0.15) is 23.5 Å². The highest BCUT2D eigenvalue weighted by molar-refractivity contribution is 8.07. The standard InChI is InChI=1S/C12H24OS2/c1-4-10(5-2)8-11(13)12-9(3)14-6-7-15-12/h9-13H,4-8H2,1-3H3. The minimum Gasteiger partial charge on any atom is -0.392 e. The van der Waals surface area contributed by atoms with Gasteiger partial charge in [-0.3, -0.25) is 0 Å². The lowest BCUT2D eigenvalue weighted by Gasteiger charge is -2.33. The highest BCUT2D eigenvalue weighted by Crippen LogP contribution is 2.35. The Kier molecular flexibility index (Phi) is 6.48. The molecule has 0 aromatic heterocycles. The maximum atomic E-state index is 10.2. The molecular weight excluding hydrogens is 224 g/mol. The molecule has 0 amide bonds. The Morgan fingerprint density at radius 3 is 2.33 bits per heavy atom. The van der Waals surface area contributed by atoms with E-state index >= 15 is 0 Å². The lowest BCUT2D eigenvalue weighted by atomic mass is 9.94. The molecule has 3 atom stereocenters. The molecule has 3 heteroatoms. The quantitative estimate of drug-likeness (QED) is 0.805. The van der Waals surface area contributed by atoms with Crippen molar-refractivity contribution < 1.29 is 5.11 Å². The number of hydrogen-bond donors (Lipinski definition) is 1. The Morgan fingerprint density at radius 1 is 1.20 bits per heavy atom. The fraction of sp³-hybridized carbons (Fsp3) is 1.00. The first-order chi connectivity index (χ1) is 7.19. The van der Waals surface area contributed by atoms with Crippen molar-refractivity contribution in [3.63, 3.8) is 0 Å². The lowest BCUT2D eigenvalue weighted by Crippen LogP contribution is -2.35. The van der Waals surface area contributed by atoms with Crippen LogP contribution < -0.4 is 0 Å². The molecule has 0 aromatic rings. The number of hydrogen-bond acceptors (Lipinski definition) is 3. The largest absolute Gasteiger partial charge is 0.392 e. The zero-order valence-electron chi connectivity index (χ0n) is 10.1. The number of rotatable bonds is 5. The zero-order chi connectivity index (χ0) is 11.3. The summed E-state index contributed by atoms with van der Waals surface area (Å²) in [5.41, 5.74) is 0. The summed E-state index contributed by atoms with van der Waals surface area (Å²) in [4.78, 5) is 0. The SMILES string of the molecule is CCC(CC)CC(O)C1SCCSC1C. The van der Waals surface area contributed by atoms with Crippen LogP contribution in [0.5, 0.6) is 0 Å². The third-order valence-electron chi connectivity index (χ3n) is 3.35. The fourth-order valence-electron chi connectivity index (χ4n) is 2.17. The maximum absolute atomic E-state index is 10.2. The van der Waals surface area contributed by atoms with Gasteiger partial charge in [-0.1, -0.05) is 33.6 Å². The molecule has 1 aliphatic rings. The molecular formula is C12H24OS2. The fourth-order valence-corrected chi connectivity index (χ4v) is 5.03. The van der Waals surface area contributed by atoms with E-state index in [1.165, 1.54) is 24.3 Å². The summed E-state index contributed by atoms with van der Waals surface area (Å²) < 4.78 is 0. The van der Waals surface area contributed by atoms with Crippen LogP contribution in [0.25, 0.3) is 0 Å². The van der Waals surface area contributed by atoms with Gasteiger partial charge in [0.05, 0.1) is 6.10 Å². The predicted octanol–water partition coefficient (Wildman–Crippen LogP) is 3.41. The molecule has 0 bridgehead atoms. The van der Waals surface area contributed by atoms with Gasteiger partial charge < -0.3 is 5.11 Å². The Hall–Kier alpha value is 0.660. The van der Waals surface area contributed by atoms with Gasteiger partial charge in [0.15, 0.2) is 0 Å². The second-order valence-corrected chi connectivity index (χ2v) is 7.17. The number of aliphatic hydroxyl groups excluding tert-OH is 1. The van der Waals surface area contributed by atoms with Gasteiger partial charge in [0.2, 0.25) is 0 Å². The molecule has 1 saturated heterocycles. The van der Waals surface area contributed by atoms with E-state index in [1.54, 1.807) is 0 Å². The molecule has 90 valence electrons. The van der Waals surface area contributed by atoms with Crippen LogP contribution in [-0.2, 0) is 0 Å². The number of thioether (sulfide) groups is 2. The van der Waals surface area contributed by atoms with Crippen LogP contribution in [0.4, 0.5) is 0 Å². The molecule has 0 aromatic carbocycles. The van der Waals surface area contributed by atoms with Gasteiger partial charge in [0.1, 0.15) is 0 Å². The van der Waals surface area contributed by atoms with E-state index < -0.39 is 0 Å². The summed E-state index contributed by atoms with van der Waals surface area (Å²) in [7, 11) is 0. The Labute approximate surface area is 103 Å². The average Bonchev–Trinajstić information content (AvgIpc) is 2.26. The molecule has 0 saturated carbocycles. The van der Waals surface area contributed by atoms with Crippen LogP contribution >= 0.6 is 23.5 Å². The highest BCUT2D eigenvalue weighted by atomic mass is 32.2. The second kappa shape index (κ2) is 7.08. The summed E-state index contributed by atoms with van der Waals surface area (Å²) in [6, 6.07) is 0. The van der Waals surface area contributed by atoms with E-state index in [1.807, 2.05) is 23.5 Å². The summed E-state index contributed by atoms with van der Waals surface area (Å²) in [6.45, 7) is 6.72. The van der Waals surface area contributed by atoms with Gasteiger partial charge in [-0.15, -0.1) is 0 Å². The van der Waals surface area contributed by atoms with E-state index in [0.717, 1.165) is 6.42 Å². The second-order valence-electron chi connectivity index (χ2n) is 4.40. The first-order valence-electron chi connectivity index (χ1n) is 6.10. The Bertz CT molecular complexity index is 171. The van der Waals surface area contributed by atoms with Crippen LogP contribution in [0.2, 0.25) is 0 Å². The van der Waals surface area contributed by atoms with Crippen molar-refractivity contribution in [3.8, 4) is 0 Å². The van der Waals surface area contributed by atoms with Crippen molar-refractivity contribution in [1.82, 2.24) is 0 Å². The van der Waals surface area contributed by atoms with Crippen molar-refractivity contribution in [2.75, 3.05) is 11.5 Å². The molecule has 1 rings (SSSR count). The molecule has 1 fully saturated rings. The van der Waals surface area contributed by atoms with Crippen LogP contribution in [-0.4, -0.2) is 33.2 Å². The smallest absolute Gasteiger partial charge is 0.0672 e. The van der Waals surface area contributed by atoms with Gasteiger partial charge in [-0.05, 0) is 12.3 Å². The normalized spacial score (nSPS) is 29.4. The van der Waals surface area contributed by atoms with E-state index in [4.69, 9.17) is 0 Å². The van der Waals surface area contributed by atoms with Gasteiger partial charge >= 0.3 is 0 Å². The molecule has 3 unspecified atom stereocenters. The van der Waals surface area contributed by atoms with Gasteiger partial charge in [0.25, 0.3) is 0 Å². The average molecular weight is 248 g/mol. The molecule has 0 aliphatic carbocycles. The topological polar surface area (TPSA) is 20.2 Å². The molecule has 0 radical (unpaired) electrons. The van der Waals surface area contributed by atoms with Crippen LogP contribution in [0.1, 0.15) is 40.0 Å². The van der Waals surface area contributed by atoms with Crippen molar-refractivity contribution in [2.24, 2.45) is 5.92 Å². The van der Waals surface area contributed by atoms with Gasteiger partial charge in [0, 0.05) is 22.0 Å². The van der Waals surface area contributed by atoms with Crippen molar-refractivity contribution >= 4 is 23.5 Å². The predicted molar refractivity (Wildman–Crippen MR) is 72.9 cm³/mol. The van der Waals surface area contributed by atoms with E-state index in [0.29, 0.717) is 16.4 Å². The molecule has 0 spiro atoms. The van der Waals surface area contributed by atoms with E-state index in [-0.39, 0.29) is 6.10 Å². The first kappa shape index (κ1) is 13.7. The minimum atomic E-state index is -0.0947. The minimum absolute atomic E-state index is 0.0947. The van der Waals surface area contributed by atoms with E-state index in [2.05, 4.69) is 20.8 Å². The maximum Gasteiger partial charge on any atom is 0.0672 e. The van der Waals surface area contributed by atoms with Gasteiger partial charge in [-0.25, -0.2) is 0 Å². The van der Waals surface area contributed by atoms with Crippen molar-refractivity contribution in [3.05, 3.63) is 0 Å². The molecule has 1 N–H and O–H groups in total.